The Balaban J connectivity index is 1.53. The molecule has 0 bridgehead atoms. The average Bonchev–Trinajstić information content (AvgIpc) is 3.39. The monoisotopic (exact) mass is 367 g/mol. The zero-order valence-electron chi connectivity index (χ0n) is 15.0. The van der Waals surface area contributed by atoms with E-state index >= 15 is 0 Å². The number of nitrogens with zero attached hydrogens (tertiary/aromatic N) is 1. The summed E-state index contributed by atoms with van der Waals surface area (Å²) in [6.07, 6.45) is 1.97. The van der Waals surface area contributed by atoms with E-state index in [4.69, 9.17) is 4.42 Å². The van der Waals surface area contributed by atoms with Gasteiger partial charge in [0.05, 0.1) is 5.52 Å². The minimum Gasteiger partial charge on any atom is -0.455 e. The van der Waals surface area contributed by atoms with E-state index in [1.54, 1.807) is 0 Å². The molecule has 1 fully saturated rings. The van der Waals surface area contributed by atoms with Crippen molar-refractivity contribution in [3.05, 3.63) is 60.7 Å². The standard InChI is InChI=1S/C23H17N3O2/c27-23(13-8-9-13)24-14-10-11-19-18(12-14)21(26-25-19)17-6-3-5-16-15-4-1-2-7-20(15)28-22(16)17/h1-7,10-13H,8-9H2,(H,24,27)(H,25,26). The first-order valence-electron chi connectivity index (χ1n) is 9.47. The molecule has 2 N–H and O–H groups in total. The van der Waals surface area contributed by atoms with E-state index in [-0.39, 0.29) is 11.8 Å². The topological polar surface area (TPSA) is 70.9 Å². The van der Waals surface area contributed by atoms with Crippen molar-refractivity contribution >= 4 is 44.4 Å². The predicted octanol–water partition coefficient (Wildman–Crippen LogP) is 5.48. The summed E-state index contributed by atoms with van der Waals surface area (Å²) in [5, 5.41) is 13.8. The van der Waals surface area contributed by atoms with E-state index in [0.717, 1.165) is 62.6 Å². The van der Waals surface area contributed by atoms with Crippen LogP contribution in [-0.4, -0.2) is 16.1 Å². The molecule has 0 atom stereocenters. The van der Waals surface area contributed by atoms with Crippen molar-refractivity contribution in [3.8, 4) is 11.3 Å². The molecular formula is C23H17N3O2. The molecule has 5 heteroatoms. The number of rotatable bonds is 3. The fraction of sp³-hybridized carbons (Fsp3) is 0.130. The van der Waals surface area contributed by atoms with Gasteiger partial charge in [-0.2, -0.15) is 5.10 Å². The number of H-pyrrole nitrogens is 1. The largest absolute Gasteiger partial charge is 0.455 e. The normalized spacial score (nSPS) is 14.1. The van der Waals surface area contributed by atoms with Crippen molar-refractivity contribution in [2.45, 2.75) is 12.8 Å². The Kier molecular flexibility index (Phi) is 3.14. The average molecular weight is 367 g/mol. The van der Waals surface area contributed by atoms with E-state index in [1.807, 2.05) is 48.5 Å². The van der Waals surface area contributed by atoms with Gasteiger partial charge < -0.3 is 9.73 Å². The van der Waals surface area contributed by atoms with Gasteiger partial charge in [-0.05, 0) is 43.2 Å². The van der Waals surface area contributed by atoms with Crippen LogP contribution in [0.4, 0.5) is 5.69 Å². The molecule has 2 aromatic heterocycles. The van der Waals surface area contributed by atoms with Gasteiger partial charge >= 0.3 is 0 Å². The van der Waals surface area contributed by atoms with E-state index in [1.165, 1.54) is 0 Å². The summed E-state index contributed by atoms with van der Waals surface area (Å²) < 4.78 is 6.17. The Bertz CT molecular complexity index is 1370. The van der Waals surface area contributed by atoms with Crippen LogP contribution in [0.1, 0.15) is 12.8 Å². The van der Waals surface area contributed by atoms with Gasteiger partial charge in [0.25, 0.3) is 0 Å². The Labute approximate surface area is 160 Å². The molecule has 136 valence electrons. The molecular weight excluding hydrogens is 350 g/mol. The molecule has 1 amide bonds. The predicted molar refractivity (Wildman–Crippen MR) is 110 cm³/mol. The lowest BCUT2D eigenvalue weighted by molar-refractivity contribution is -0.117. The van der Waals surface area contributed by atoms with Crippen molar-refractivity contribution in [2.24, 2.45) is 5.92 Å². The van der Waals surface area contributed by atoms with Gasteiger partial charge in [0.15, 0.2) is 0 Å². The Hall–Kier alpha value is -3.60. The molecule has 0 radical (unpaired) electrons. The summed E-state index contributed by atoms with van der Waals surface area (Å²) in [5.74, 6) is 0.271. The van der Waals surface area contributed by atoms with Crippen LogP contribution in [0.3, 0.4) is 0 Å². The van der Waals surface area contributed by atoms with Gasteiger partial charge in [0, 0.05) is 33.3 Å². The summed E-state index contributed by atoms with van der Waals surface area (Å²) in [5.41, 5.74) is 5.16. The minimum atomic E-state index is 0.101. The van der Waals surface area contributed by atoms with E-state index in [0.29, 0.717) is 0 Å². The van der Waals surface area contributed by atoms with E-state index in [2.05, 4.69) is 27.6 Å². The molecule has 1 aliphatic carbocycles. The van der Waals surface area contributed by atoms with Crippen molar-refractivity contribution in [1.29, 1.82) is 0 Å². The van der Waals surface area contributed by atoms with Crippen molar-refractivity contribution < 1.29 is 9.21 Å². The highest BCUT2D eigenvalue weighted by atomic mass is 16.3. The van der Waals surface area contributed by atoms with Crippen molar-refractivity contribution in [2.75, 3.05) is 5.32 Å². The zero-order valence-corrected chi connectivity index (χ0v) is 15.0. The molecule has 0 saturated heterocycles. The fourth-order valence-corrected chi connectivity index (χ4v) is 3.82. The number of hydrogen-bond donors (Lipinski definition) is 2. The molecule has 5 aromatic rings. The van der Waals surface area contributed by atoms with Gasteiger partial charge in [-0.3, -0.25) is 9.89 Å². The van der Waals surface area contributed by atoms with Gasteiger partial charge in [0.2, 0.25) is 5.91 Å². The number of fused-ring (bicyclic) bond motifs is 4. The first kappa shape index (κ1) is 15.5. The number of aromatic amines is 1. The quantitative estimate of drug-likeness (QED) is 0.444. The number of benzene rings is 3. The van der Waals surface area contributed by atoms with Crippen LogP contribution in [0.5, 0.6) is 0 Å². The molecule has 1 aliphatic rings. The SMILES string of the molecule is O=C(Nc1ccc2[nH]nc(-c3cccc4c3oc3ccccc34)c2c1)C1CC1. The molecule has 3 aromatic carbocycles. The summed E-state index contributed by atoms with van der Waals surface area (Å²) in [7, 11) is 0. The molecule has 0 spiro atoms. The molecule has 5 nitrogen and oxygen atoms in total. The number of carbonyl (C=O) groups is 1. The van der Waals surface area contributed by atoms with Crippen LogP contribution >= 0.6 is 0 Å². The second-order valence-electron chi connectivity index (χ2n) is 7.38. The van der Waals surface area contributed by atoms with Crippen LogP contribution in [0, 0.1) is 5.92 Å². The van der Waals surface area contributed by atoms with Gasteiger partial charge in [-0.15, -0.1) is 0 Å². The number of para-hydroxylation sites is 2. The maximum absolute atomic E-state index is 12.1. The Morgan fingerprint density at radius 2 is 1.86 bits per heavy atom. The first-order chi connectivity index (χ1) is 13.8. The third-order valence-electron chi connectivity index (χ3n) is 5.44. The second kappa shape index (κ2) is 5.70. The Morgan fingerprint density at radius 1 is 1.00 bits per heavy atom. The summed E-state index contributed by atoms with van der Waals surface area (Å²) >= 11 is 0. The van der Waals surface area contributed by atoms with Gasteiger partial charge in [-0.25, -0.2) is 0 Å². The minimum absolute atomic E-state index is 0.101. The maximum Gasteiger partial charge on any atom is 0.227 e. The highest BCUT2D eigenvalue weighted by molar-refractivity contribution is 6.11. The molecule has 0 unspecified atom stereocenters. The van der Waals surface area contributed by atoms with Crippen LogP contribution in [-0.2, 0) is 4.79 Å². The van der Waals surface area contributed by atoms with Crippen molar-refractivity contribution in [3.63, 3.8) is 0 Å². The van der Waals surface area contributed by atoms with E-state index in [9.17, 15) is 4.79 Å². The van der Waals surface area contributed by atoms with E-state index < -0.39 is 0 Å². The number of hydrogen-bond acceptors (Lipinski definition) is 3. The highest BCUT2D eigenvalue weighted by Gasteiger charge is 2.29. The first-order valence-corrected chi connectivity index (χ1v) is 9.47. The van der Waals surface area contributed by atoms with Crippen LogP contribution in [0.15, 0.2) is 65.1 Å². The number of carbonyl (C=O) groups excluding carboxylic acids is 1. The molecule has 0 aliphatic heterocycles. The molecule has 28 heavy (non-hydrogen) atoms. The van der Waals surface area contributed by atoms with Crippen LogP contribution in [0.25, 0.3) is 44.1 Å². The van der Waals surface area contributed by atoms with Crippen LogP contribution in [0.2, 0.25) is 0 Å². The number of anilines is 1. The molecule has 6 rings (SSSR count). The number of amides is 1. The summed E-state index contributed by atoms with van der Waals surface area (Å²) in [6, 6.07) is 20.0. The molecule has 1 saturated carbocycles. The fourth-order valence-electron chi connectivity index (χ4n) is 3.82. The van der Waals surface area contributed by atoms with Gasteiger partial charge in [0.1, 0.15) is 16.9 Å². The second-order valence-corrected chi connectivity index (χ2v) is 7.38. The zero-order chi connectivity index (χ0) is 18.7. The third-order valence-corrected chi connectivity index (χ3v) is 5.44. The Morgan fingerprint density at radius 3 is 2.75 bits per heavy atom. The maximum atomic E-state index is 12.1. The number of furan rings is 1. The van der Waals surface area contributed by atoms with Crippen molar-refractivity contribution in [1.82, 2.24) is 10.2 Å². The lowest BCUT2D eigenvalue weighted by atomic mass is 10.0. The summed E-state index contributed by atoms with van der Waals surface area (Å²) in [6.45, 7) is 0. The molecule has 2 heterocycles. The number of nitrogens with one attached hydrogen (secondary N) is 2. The smallest absolute Gasteiger partial charge is 0.227 e. The van der Waals surface area contributed by atoms with Crippen LogP contribution < -0.4 is 5.32 Å². The summed E-state index contributed by atoms with van der Waals surface area (Å²) in [4.78, 5) is 12.1. The highest BCUT2D eigenvalue weighted by Crippen LogP contribution is 2.38. The van der Waals surface area contributed by atoms with Gasteiger partial charge in [-0.1, -0.05) is 30.3 Å². The number of aromatic nitrogens is 2. The lowest BCUT2D eigenvalue weighted by Crippen LogP contribution is -2.12. The lowest BCUT2D eigenvalue weighted by Gasteiger charge is -2.05. The third kappa shape index (κ3) is 2.33.